The largest absolute Gasteiger partial charge is 0.368 e. The fraction of sp³-hybridized carbons (Fsp3) is 0.900. The lowest BCUT2D eigenvalue weighted by Gasteiger charge is -2.20. The maximum absolute atomic E-state index is 8.43. The van der Waals surface area contributed by atoms with Crippen LogP contribution >= 0.6 is 0 Å². The Labute approximate surface area is 84.5 Å². The van der Waals surface area contributed by atoms with Crippen LogP contribution < -0.4 is 11.2 Å². The first kappa shape index (κ1) is 9.77. The molecule has 0 heterocycles. The van der Waals surface area contributed by atoms with Gasteiger partial charge in [-0.2, -0.15) is 0 Å². The van der Waals surface area contributed by atoms with Gasteiger partial charge in [-0.1, -0.05) is 6.42 Å². The number of nitrogens with two attached hydrogens (primary N) is 1. The molecule has 4 heteroatoms. The Morgan fingerprint density at radius 3 is 2.86 bits per heavy atom. The number of hydrogen-bond acceptors (Lipinski definition) is 2. The van der Waals surface area contributed by atoms with Crippen molar-refractivity contribution in [1.82, 2.24) is 5.48 Å². The maximum atomic E-state index is 8.43. The van der Waals surface area contributed by atoms with E-state index in [4.69, 9.17) is 10.9 Å². The Bertz CT molecular complexity index is 229. The smallest absolute Gasteiger partial charge is 0.212 e. The molecule has 2 aliphatic rings. The fourth-order valence-corrected chi connectivity index (χ4v) is 3.12. The van der Waals surface area contributed by atoms with Crippen molar-refractivity contribution in [3.63, 3.8) is 0 Å². The normalized spacial score (nSPS) is 36.4. The molecule has 2 rings (SSSR count). The Morgan fingerprint density at radius 1 is 1.43 bits per heavy atom. The van der Waals surface area contributed by atoms with Crippen LogP contribution in [0.1, 0.15) is 32.1 Å². The van der Waals surface area contributed by atoms with Crippen molar-refractivity contribution in [2.75, 3.05) is 6.54 Å². The molecule has 0 amide bonds. The zero-order valence-electron chi connectivity index (χ0n) is 8.45. The highest BCUT2D eigenvalue weighted by atomic mass is 16.5. The summed E-state index contributed by atoms with van der Waals surface area (Å²) in [6, 6.07) is 0. The molecule has 2 fully saturated rings. The van der Waals surface area contributed by atoms with Crippen molar-refractivity contribution in [2.45, 2.75) is 32.1 Å². The number of aliphatic imine (C=N–C) groups is 1. The average molecular weight is 197 g/mol. The Kier molecular flexibility index (Phi) is 2.91. The van der Waals surface area contributed by atoms with Crippen molar-refractivity contribution in [3.05, 3.63) is 0 Å². The summed E-state index contributed by atoms with van der Waals surface area (Å²) in [6.07, 6.45) is 6.84. The second kappa shape index (κ2) is 4.17. The lowest BCUT2D eigenvalue weighted by atomic mass is 9.86. The second-order valence-electron chi connectivity index (χ2n) is 4.60. The van der Waals surface area contributed by atoms with Crippen LogP contribution in [-0.4, -0.2) is 17.7 Å². The summed E-state index contributed by atoms with van der Waals surface area (Å²) in [6.45, 7) is 0.743. The first-order chi connectivity index (χ1) is 6.79. The van der Waals surface area contributed by atoms with Gasteiger partial charge in [0, 0.05) is 6.54 Å². The molecule has 2 bridgehead atoms. The highest BCUT2D eigenvalue weighted by Gasteiger charge is 2.38. The maximum Gasteiger partial charge on any atom is 0.212 e. The van der Waals surface area contributed by atoms with E-state index in [2.05, 4.69) is 4.99 Å². The van der Waals surface area contributed by atoms with Crippen molar-refractivity contribution in [3.8, 4) is 0 Å². The summed E-state index contributed by atoms with van der Waals surface area (Å²) < 4.78 is 0. The van der Waals surface area contributed by atoms with E-state index in [0.29, 0.717) is 0 Å². The summed E-state index contributed by atoms with van der Waals surface area (Å²) in [5.41, 5.74) is 7.17. The topological polar surface area (TPSA) is 70.6 Å². The molecule has 4 N–H and O–H groups in total. The molecule has 2 saturated carbocycles. The van der Waals surface area contributed by atoms with Gasteiger partial charge >= 0.3 is 0 Å². The van der Waals surface area contributed by atoms with Gasteiger partial charge in [-0.05, 0) is 43.4 Å². The van der Waals surface area contributed by atoms with Gasteiger partial charge in [0.05, 0.1) is 0 Å². The quantitative estimate of drug-likeness (QED) is 0.360. The van der Waals surface area contributed by atoms with E-state index >= 15 is 0 Å². The highest BCUT2D eigenvalue weighted by Crippen LogP contribution is 2.49. The number of rotatable bonds is 3. The number of hydrogen-bond donors (Lipinski definition) is 3. The van der Waals surface area contributed by atoms with Gasteiger partial charge in [0.15, 0.2) is 0 Å². The zero-order valence-corrected chi connectivity index (χ0v) is 8.45. The summed E-state index contributed by atoms with van der Waals surface area (Å²) in [5, 5.41) is 8.43. The molecule has 0 saturated heterocycles. The lowest BCUT2D eigenvalue weighted by molar-refractivity contribution is 0.232. The zero-order chi connectivity index (χ0) is 9.97. The lowest BCUT2D eigenvalue weighted by Crippen LogP contribution is -2.28. The number of guanidine groups is 1. The van der Waals surface area contributed by atoms with Crippen LogP contribution in [-0.2, 0) is 0 Å². The summed E-state index contributed by atoms with van der Waals surface area (Å²) in [5.74, 6) is 2.96. The molecule has 2 aliphatic carbocycles. The standard InChI is InChI=1S/C10H19N3O/c11-10(13-14)12-4-3-9-6-7-1-2-8(9)5-7/h7-9,14H,1-6H2,(H3,11,12,13). The number of hydroxylamine groups is 1. The monoisotopic (exact) mass is 197 g/mol. The van der Waals surface area contributed by atoms with E-state index in [0.717, 1.165) is 30.7 Å². The Morgan fingerprint density at radius 2 is 2.29 bits per heavy atom. The third-order valence-corrected chi connectivity index (χ3v) is 3.78. The molecule has 14 heavy (non-hydrogen) atoms. The van der Waals surface area contributed by atoms with Crippen LogP contribution in [0.15, 0.2) is 4.99 Å². The Hall–Kier alpha value is -0.770. The highest BCUT2D eigenvalue weighted by molar-refractivity contribution is 5.76. The van der Waals surface area contributed by atoms with Crippen molar-refractivity contribution in [1.29, 1.82) is 0 Å². The minimum Gasteiger partial charge on any atom is -0.368 e. The fourth-order valence-electron chi connectivity index (χ4n) is 3.12. The predicted octanol–water partition coefficient (Wildman–Crippen LogP) is 1.11. The van der Waals surface area contributed by atoms with Crippen LogP contribution in [0.2, 0.25) is 0 Å². The van der Waals surface area contributed by atoms with E-state index in [-0.39, 0.29) is 5.96 Å². The van der Waals surface area contributed by atoms with Gasteiger partial charge in [0.1, 0.15) is 0 Å². The number of fused-ring (bicyclic) bond motifs is 2. The van der Waals surface area contributed by atoms with E-state index in [9.17, 15) is 0 Å². The molecule has 3 atom stereocenters. The van der Waals surface area contributed by atoms with E-state index in [1.165, 1.54) is 25.7 Å². The summed E-state index contributed by atoms with van der Waals surface area (Å²) in [4.78, 5) is 4.02. The van der Waals surface area contributed by atoms with E-state index in [1.54, 1.807) is 0 Å². The third kappa shape index (κ3) is 2.00. The SMILES string of the molecule is NC(=NCCC1CC2CCC1C2)NO. The van der Waals surface area contributed by atoms with Crippen molar-refractivity contribution < 1.29 is 5.21 Å². The average Bonchev–Trinajstić information content (AvgIpc) is 2.79. The minimum absolute atomic E-state index is 0.133. The van der Waals surface area contributed by atoms with Crippen LogP contribution in [0.25, 0.3) is 0 Å². The molecule has 0 radical (unpaired) electrons. The minimum atomic E-state index is 0.133. The van der Waals surface area contributed by atoms with E-state index < -0.39 is 0 Å². The van der Waals surface area contributed by atoms with Gasteiger partial charge in [0.25, 0.3) is 0 Å². The van der Waals surface area contributed by atoms with Crippen LogP contribution in [0.3, 0.4) is 0 Å². The molecule has 0 aromatic rings. The number of nitrogens with zero attached hydrogens (tertiary/aromatic N) is 1. The van der Waals surface area contributed by atoms with Crippen LogP contribution in [0.5, 0.6) is 0 Å². The molecule has 80 valence electrons. The first-order valence-corrected chi connectivity index (χ1v) is 5.49. The molecular formula is C10H19N3O. The summed E-state index contributed by atoms with van der Waals surface area (Å²) in [7, 11) is 0. The first-order valence-electron chi connectivity index (χ1n) is 5.49. The molecule has 0 aromatic heterocycles. The van der Waals surface area contributed by atoms with Crippen molar-refractivity contribution in [2.24, 2.45) is 28.5 Å². The van der Waals surface area contributed by atoms with Crippen LogP contribution in [0, 0.1) is 17.8 Å². The van der Waals surface area contributed by atoms with Gasteiger partial charge in [-0.15, -0.1) is 0 Å². The van der Waals surface area contributed by atoms with E-state index in [1.807, 2.05) is 5.48 Å². The van der Waals surface area contributed by atoms with Gasteiger partial charge in [-0.25, -0.2) is 5.48 Å². The summed E-state index contributed by atoms with van der Waals surface area (Å²) >= 11 is 0. The van der Waals surface area contributed by atoms with Gasteiger partial charge in [-0.3, -0.25) is 10.2 Å². The third-order valence-electron chi connectivity index (χ3n) is 3.78. The molecule has 0 aliphatic heterocycles. The Balaban J connectivity index is 1.72. The van der Waals surface area contributed by atoms with Gasteiger partial charge in [0.2, 0.25) is 5.96 Å². The van der Waals surface area contributed by atoms with Gasteiger partial charge < -0.3 is 5.73 Å². The van der Waals surface area contributed by atoms with Crippen LogP contribution in [0.4, 0.5) is 0 Å². The second-order valence-corrected chi connectivity index (χ2v) is 4.60. The van der Waals surface area contributed by atoms with Crippen molar-refractivity contribution >= 4 is 5.96 Å². The molecular weight excluding hydrogens is 178 g/mol. The molecule has 0 aromatic carbocycles. The predicted molar refractivity (Wildman–Crippen MR) is 55.0 cm³/mol. The molecule has 0 spiro atoms. The molecule has 3 unspecified atom stereocenters. The molecule has 4 nitrogen and oxygen atoms in total. The number of nitrogens with one attached hydrogen (secondary N) is 1.